The van der Waals surface area contributed by atoms with Gasteiger partial charge in [0.05, 0.1) is 19.6 Å². The molecule has 1 N–H and O–H groups in total. The third kappa shape index (κ3) is 3.59. The van der Waals surface area contributed by atoms with E-state index in [0.29, 0.717) is 24.5 Å². The largest absolute Gasteiger partial charge is 0.478 e. The van der Waals surface area contributed by atoms with Gasteiger partial charge in [-0.15, -0.1) is 0 Å². The predicted molar refractivity (Wildman–Crippen MR) is 63.4 cm³/mol. The number of carbonyl (C=O) groups is 2. The molecule has 0 atom stereocenters. The minimum Gasteiger partial charge on any atom is -0.478 e. The summed E-state index contributed by atoms with van der Waals surface area (Å²) in [4.78, 5) is 23.9. The van der Waals surface area contributed by atoms with Crippen LogP contribution in [0.25, 0.3) is 0 Å². The van der Waals surface area contributed by atoms with Crippen molar-refractivity contribution in [3.63, 3.8) is 0 Å². The van der Waals surface area contributed by atoms with Gasteiger partial charge in [0, 0.05) is 14.2 Å². The first-order chi connectivity index (χ1) is 8.45. The Bertz CT molecular complexity index is 438. The van der Waals surface area contributed by atoms with E-state index in [1.54, 1.807) is 14.0 Å². The molecule has 1 amide bonds. The fraction of sp³-hybridized carbons (Fsp3) is 0.500. The van der Waals surface area contributed by atoms with E-state index in [-0.39, 0.29) is 18.0 Å². The van der Waals surface area contributed by atoms with Gasteiger partial charge >= 0.3 is 5.97 Å². The maximum absolute atomic E-state index is 11.6. The molecule has 1 rings (SSSR count). The number of aromatic carboxylic acids is 1. The standard InChI is InChI=1S/C12H17NO5/c1-8-10(12(15)16)6-9(18-8)7-13(2)11(14)4-5-17-3/h6H,4-5,7H2,1-3H3,(H,15,16). The molecule has 0 bridgehead atoms. The van der Waals surface area contributed by atoms with E-state index in [9.17, 15) is 9.59 Å². The van der Waals surface area contributed by atoms with E-state index in [0.717, 1.165) is 0 Å². The van der Waals surface area contributed by atoms with Gasteiger partial charge in [-0.3, -0.25) is 4.79 Å². The Hall–Kier alpha value is -1.82. The fourth-order valence-corrected chi connectivity index (χ4v) is 1.54. The SMILES string of the molecule is COCCC(=O)N(C)Cc1cc(C(=O)O)c(C)o1. The zero-order valence-corrected chi connectivity index (χ0v) is 10.7. The van der Waals surface area contributed by atoms with Crippen molar-refractivity contribution in [2.45, 2.75) is 19.9 Å². The van der Waals surface area contributed by atoms with Gasteiger partial charge in [-0.25, -0.2) is 4.79 Å². The number of hydrogen-bond donors (Lipinski definition) is 1. The lowest BCUT2D eigenvalue weighted by Crippen LogP contribution is -2.26. The number of rotatable bonds is 6. The van der Waals surface area contributed by atoms with Crippen LogP contribution in [-0.2, 0) is 16.1 Å². The number of amides is 1. The van der Waals surface area contributed by atoms with Crippen molar-refractivity contribution >= 4 is 11.9 Å². The summed E-state index contributed by atoms with van der Waals surface area (Å²) in [6, 6.07) is 1.44. The summed E-state index contributed by atoms with van der Waals surface area (Å²) in [5.74, 6) is -0.313. The van der Waals surface area contributed by atoms with Crippen LogP contribution in [0.1, 0.15) is 28.3 Å². The van der Waals surface area contributed by atoms with Crippen LogP contribution in [0.3, 0.4) is 0 Å². The van der Waals surface area contributed by atoms with Crippen molar-refractivity contribution in [1.29, 1.82) is 0 Å². The molecule has 0 aliphatic rings. The molecule has 0 aromatic carbocycles. The maximum atomic E-state index is 11.6. The normalized spacial score (nSPS) is 10.4. The van der Waals surface area contributed by atoms with Crippen molar-refractivity contribution in [2.24, 2.45) is 0 Å². The van der Waals surface area contributed by atoms with Crippen LogP contribution in [0.4, 0.5) is 0 Å². The van der Waals surface area contributed by atoms with E-state index in [1.165, 1.54) is 18.1 Å². The number of aryl methyl sites for hydroxylation is 1. The number of carbonyl (C=O) groups excluding carboxylic acids is 1. The Balaban J connectivity index is 2.64. The molecular weight excluding hydrogens is 238 g/mol. The van der Waals surface area contributed by atoms with Crippen LogP contribution in [0.5, 0.6) is 0 Å². The molecule has 0 aliphatic carbocycles. The molecule has 18 heavy (non-hydrogen) atoms. The highest BCUT2D eigenvalue weighted by Crippen LogP contribution is 2.16. The number of furan rings is 1. The van der Waals surface area contributed by atoms with E-state index in [4.69, 9.17) is 14.3 Å². The third-order valence-electron chi connectivity index (χ3n) is 2.54. The van der Waals surface area contributed by atoms with Crippen molar-refractivity contribution in [2.75, 3.05) is 20.8 Å². The highest BCUT2D eigenvalue weighted by molar-refractivity contribution is 5.88. The average molecular weight is 255 g/mol. The van der Waals surface area contributed by atoms with Crippen LogP contribution in [0.15, 0.2) is 10.5 Å². The highest BCUT2D eigenvalue weighted by Gasteiger charge is 2.16. The quantitative estimate of drug-likeness (QED) is 0.828. The lowest BCUT2D eigenvalue weighted by molar-refractivity contribution is -0.131. The van der Waals surface area contributed by atoms with Crippen LogP contribution < -0.4 is 0 Å². The van der Waals surface area contributed by atoms with Crippen molar-refractivity contribution in [1.82, 2.24) is 4.90 Å². The van der Waals surface area contributed by atoms with Gasteiger partial charge in [0.2, 0.25) is 5.91 Å². The Labute approximate surface area is 105 Å². The number of carboxylic acids is 1. The van der Waals surface area contributed by atoms with E-state index in [2.05, 4.69) is 0 Å². The Morgan fingerprint density at radius 3 is 2.67 bits per heavy atom. The summed E-state index contributed by atoms with van der Waals surface area (Å²) >= 11 is 0. The minimum atomic E-state index is -1.03. The monoisotopic (exact) mass is 255 g/mol. The summed E-state index contributed by atoms with van der Waals surface area (Å²) in [6.45, 7) is 2.19. The molecule has 0 aliphatic heterocycles. The van der Waals surface area contributed by atoms with Crippen molar-refractivity contribution in [3.05, 3.63) is 23.2 Å². The fourth-order valence-electron chi connectivity index (χ4n) is 1.54. The number of methoxy groups -OCH3 is 1. The number of carboxylic acid groups (broad SMARTS) is 1. The molecule has 1 aromatic rings. The van der Waals surface area contributed by atoms with E-state index < -0.39 is 5.97 Å². The second-order valence-electron chi connectivity index (χ2n) is 3.98. The predicted octanol–water partition coefficient (Wildman–Crippen LogP) is 1.28. The van der Waals surface area contributed by atoms with Crippen LogP contribution >= 0.6 is 0 Å². The van der Waals surface area contributed by atoms with Gasteiger partial charge in [0.15, 0.2) is 0 Å². The van der Waals surface area contributed by atoms with Gasteiger partial charge in [-0.1, -0.05) is 0 Å². The van der Waals surface area contributed by atoms with Crippen LogP contribution in [0.2, 0.25) is 0 Å². The lowest BCUT2D eigenvalue weighted by Gasteiger charge is -2.15. The molecule has 1 aromatic heterocycles. The Morgan fingerprint density at radius 2 is 2.17 bits per heavy atom. The Kier molecular flexibility index (Phi) is 4.91. The number of ether oxygens (including phenoxy) is 1. The molecule has 1 heterocycles. The molecule has 0 fully saturated rings. The number of nitrogens with zero attached hydrogens (tertiary/aromatic N) is 1. The molecule has 100 valence electrons. The van der Waals surface area contributed by atoms with Gasteiger partial charge in [0.1, 0.15) is 17.1 Å². The first-order valence-electron chi connectivity index (χ1n) is 5.51. The molecule has 0 saturated heterocycles. The smallest absolute Gasteiger partial charge is 0.339 e. The van der Waals surface area contributed by atoms with Crippen LogP contribution in [0, 0.1) is 6.92 Å². The maximum Gasteiger partial charge on any atom is 0.339 e. The molecule has 0 radical (unpaired) electrons. The summed E-state index contributed by atoms with van der Waals surface area (Å²) < 4.78 is 10.1. The summed E-state index contributed by atoms with van der Waals surface area (Å²) in [7, 11) is 3.17. The van der Waals surface area contributed by atoms with E-state index >= 15 is 0 Å². The second-order valence-corrected chi connectivity index (χ2v) is 3.98. The molecule has 0 unspecified atom stereocenters. The second kappa shape index (κ2) is 6.20. The van der Waals surface area contributed by atoms with Gasteiger partial charge in [0.25, 0.3) is 0 Å². The zero-order chi connectivity index (χ0) is 13.7. The first-order valence-corrected chi connectivity index (χ1v) is 5.51. The van der Waals surface area contributed by atoms with Crippen LogP contribution in [-0.4, -0.2) is 42.6 Å². The lowest BCUT2D eigenvalue weighted by atomic mass is 10.2. The van der Waals surface area contributed by atoms with Gasteiger partial charge in [-0.05, 0) is 13.0 Å². The average Bonchev–Trinajstić information content (AvgIpc) is 2.67. The highest BCUT2D eigenvalue weighted by atomic mass is 16.5. The minimum absolute atomic E-state index is 0.0808. The first kappa shape index (κ1) is 14.2. The van der Waals surface area contributed by atoms with Crippen molar-refractivity contribution in [3.8, 4) is 0 Å². The zero-order valence-electron chi connectivity index (χ0n) is 10.7. The molecular formula is C12H17NO5. The van der Waals surface area contributed by atoms with Gasteiger partial charge < -0.3 is 19.2 Å². The van der Waals surface area contributed by atoms with Gasteiger partial charge in [-0.2, -0.15) is 0 Å². The molecule has 0 spiro atoms. The molecule has 0 saturated carbocycles. The topological polar surface area (TPSA) is 80.0 Å². The summed E-state index contributed by atoms with van der Waals surface area (Å²) in [6.07, 6.45) is 0.290. The van der Waals surface area contributed by atoms with Crippen molar-refractivity contribution < 1.29 is 23.8 Å². The molecule has 6 heteroatoms. The third-order valence-corrected chi connectivity index (χ3v) is 2.54. The summed E-state index contributed by atoms with van der Waals surface area (Å²) in [5.41, 5.74) is 0.128. The molecule has 6 nitrogen and oxygen atoms in total. The number of hydrogen-bond acceptors (Lipinski definition) is 4. The van der Waals surface area contributed by atoms with E-state index in [1.807, 2.05) is 0 Å². The Morgan fingerprint density at radius 1 is 1.50 bits per heavy atom. The summed E-state index contributed by atoms with van der Waals surface area (Å²) in [5, 5.41) is 8.88.